The van der Waals surface area contributed by atoms with Crippen molar-refractivity contribution in [3.63, 3.8) is 0 Å². The summed E-state index contributed by atoms with van der Waals surface area (Å²) in [6.07, 6.45) is 6.00. The second kappa shape index (κ2) is 6.65. The van der Waals surface area contributed by atoms with Gasteiger partial charge in [-0.15, -0.1) is 5.10 Å². The predicted octanol–water partition coefficient (Wildman–Crippen LogP) is 0.877. The minimum absolute atomic E-state index is 0.0461. The van der Waals surface area contributed by atoms with Gasteiger partial charge in [-0.1, -0.05) is 5.21 Å². The normalized spacial score (nSPS) is 10.3. The van der Waals surface area contributed by atoms with Gasteiger partial charge in [-0.05, 0) is 18.6 Å². The van der Waals surface area contributed by atoms with Gasteiger partial charge in [-0.25, -0.2) is 4.98 Å². The number of amides is 1. The van der Waals surface area contributed by atoms with Crippen molar-refractivity contribution in [1.82, 2.24) is 24.9 Å². The molecule has 0 aliphatic rings. The van der Waals surface area contributed by atoms with Crippen LogP contribution in [0.2, 0.25) is 0 Å². The van der Waals surface area contributed by atoms with Crippen molar-refractivity contribution in [3.05, 3.63) is 36.3 Å². The smallest absolute Gasteiger partial charge is 0.254 e. The zero-order valence-electron chi connectivity index (χ0n) is 11.7. The molecule has 0 aliphatic carbocycles. The average Bonchev–Trinajstić information content (AvgIpc) is 2.96. The van der Waals surface area contributed by atoms with Crippen molar-refractivity contribution in [2.24, 2.45) is 0 Å². The van der Waals surface area contributed by atoms with Crippen LogP contribution in [0.3, 0.4) is 0 Å². The molecule has 0 atom stereocenters. The van der Waals surface area contributed by atoms with Crippen molar-refractivity contribution in [3.8, 4) is 0 Å². The van der Waals surface area contributed by atoms with Crippen molar-refractivity contribution >= 4 is 11.7 Å². The molecule has 2 rings (SSSR count). The molecule has 7 nitrogen and oxygen atoms in total. The Morgan fingerprint density at radius 1 is 1.40 bits per heavy atom. The van der Waals surface area contributed by atoms with Gasteiger partial charge >= 0.3 is 0 Å². The number of pyridine rings is 1. The Hall–Kier alpha value is -2.44. The molecular formula is C13H18N6O. The lowest BCUT2D eigenvalue weighted by molar-refractivity contribution is 0.0827. The van der Waals surface area contributed by atoms with Crippen LogP contribution in [0, 0.1) is 0 Å². The number of anilines is 1. The summed E-state index contributed by atoms with van der Waals surface area (Å²) in [5, 5.41) is 10.8. The van der Waals surface area contributed by atoms with Crippen LogP contribution in [0.4, 0.5) is 5.82 Å². The van der Waals surface area contributed by atoms with Crippen molar-refractivity contribution in [2.45, 2.75) is 13.0 Å². The van der Waals surface area contributed by atoms with E-state index in [9.17, 15) is 4.79 Å². The predicted molar refractivity (Wildman–Crippen MR) is 75.4 cm³/mol. The number of hydrogen-bond acceptors (Lipinski definition) is 5. The Balaban J connectivity index is 1.77. The molecule has 2 aromatic rings. The molecule has 0 aromatic carbocycles. The maximum Gasteiger partial charge on any atom is 0.254 e. The third kappa shape index (κ3) is 3.78. The highest BCUT2D eigenvalue weighted by Crippen LogP contribution is 2.06. The number of nitrogens with one attached hydrogen (secondary N) is 1. The van der Waals surface area contributed by atoms with Gasteiger partial charge < -0.3 is 10.2 Å². The number of aromatic nitrogens is 4. The Labute approximate surface area is 117 Å². The second-order valence-electron chi connectivity index (χ2n) is 4.58. The van der Waals surface area contributed by atoms with Gasteiger partial charge in [-0.2, -0.15) is 0 Å². The van der Waals surface area contributed by atoms with Crippen LogP contribution in [0.15, 0.2) is 30.7 Å². The van der Waals surface area contributed by atoms with E-state index >= 15 is 0 Å². The molecule has 7 heteroatoms. The highest BCUT2D eigenvalue weighted by Gasteiger charge is 2.07. The summed E-state index contributed by atoms with van der Waals surface area (Å²) in [5.74, 6) is 0.717. The van der Waals surface area contributed by atoms with Crippen LogP contribution in [0.25, 0.3) is 0 Å². The molecule has 0 bridgehead atoms. The van der Waals surface area contributed by atoms with Crippen LogP contribution < -0.4 is 5.32 Å². The highest BCUT2D eigenvalue weighted by molar-refractivity contribution is 5.93. The molecular weight excluding hydrogens is 256 g/mol. The van der Waals surface area contributed by atoms with Gasteiger partial charge in [0.15, 0.2) is 0 Å². The van der Waals surface area contributed by atoms with Gasteiger partial charge in [-0.3, -0.25) is 9.48 Å². The first-order valence-electron chi connectivity index (χ1n) is 6.42. The molecule has 0 saturated heterocycles. The minimum atomic E-state index is -0.0461. The van der Waals surface area contributed by atoms with Crippen molar-refractivity contribution in [2.75, 3.05) is 26.0 Å². The molecule has 2 heterocycles. The Morgan fingerprint density at radius 2 is 2.25 bits per heavy atom. The quantitative estimate of drug-likeness (QED) is 0.791. The molecule has 0 radical (unpaired) electrons. The maximum absolute atomic E-state index is 11.7. The van der Waals surface area contributed by atoms with E-state index in [1.54, 1.807) is 37.2 Å². The number of carbonyl (C=O) groups excluding carboxylic acids is 1. The zero-order valence-corrected chi connectivity index (χ0v) is 11.7. The first-order chi connectivity index (χ1) is 9.66. The number of rotatable bonds is 6. The standard InChI is InChI=1S/C13H18N6O/c1-18(2)13(20)11-4-5-12(15-10-11)14-6-3-8-19-9-7-16-17-19/h4-5,7,9-10H,3,6,8H2,1-2H3,(H,14,15). The minimum Gasteiger partial charge on any atom is -0.370 e. The molecule has 106 valence electrons. The second-order valence-corrected chi connectivity index (χ2v) is 4.58. The summed E-state index contributed by atoms with van der Waals surface area (Å²) in [7, 11) is 3.44. The Morgan fingerprint density at radius 3 is 2.85 bits per heavy atom. The first-order valence-corrected chi connectivity index (χ1v) is 6.42. The monoisotopic (exact) mass is 274 g/mol. The van der Waals surface area contributed by atoms with Crippen molar-refractivity contribution in [1.29, 1.82) is 0 Å². The molecule has 2 aromatic heterocycles. The van der Waals surface area contributed by atoms with E-state index in [0.29, 0.717) is 5.56 Å². The summed E-state index contributed by atoms with van der Waals surface area (Å²) in [6.45, 7) is 1.60. The van der Waals surface area contributed by atoms with Crippen LogP contribution in [0.1, 0.15) is 16.8 Å². The van der Waals surface area contributed by atoms with Crippen LogP contribution in [-0.2, 0) is 6.54 Å². The van der Waals surface area contributed by atoms with E-state index in [1.807, 2.05) is 12.3 Å². The summed E-state index contributed by atoms with van der Waals surface area (Å²) in [5.41, 5.74) is 0.586. The Kier molecular flexibility index (Phi) is 4.65. The third-order valence-electron chi connectivity index (χ3n) is 2.76. The van der Waals surface area contributed by atoms with Gasteiger partial charge in [0, 0.05) is 39.6 Å². The number of aryl methyl sites for hydroxylation is 1. The molecule has 0 spiro atoms. The van der Waals surface area contributed by atoms with Gasteiger partial charge in [0.2, 0.25) is 0 Å². The fraction of sp³-hybridized carbons (Fsp3) is 0.385. The first kappa shape index (κ1) is 14.0. The van der Waals surface area contributed by atoms with Crippen LogP contribution in [-0.4, -0.2) is 51.4 Å². The van der Waals surface area contributed by atoms with E-state index in [2.05, 4.69) is 20.6 Å². The summed E-state index contributed by atoms with van der Waals surface area (Å²) < 4.78 is 1.79. The lowest BCUT2D eigenvalue weighted by Crippen LogP contribution is -2.21. The topological polar surface area (TPSA) is 75.9 Å². The largest absolute Gasteiger partial charge is 0.370 e. The molecule has 0 saturated carbocycles. The number of hydrogen-bond donors (Lipinski definition) is 1. The van der Waals surface area contributed by atoms with Crippen LogP contribution in [0.5, 0.6) is 0 Å². The summed E-state index contributed by atoms with van der Waals surface area (Å²) in [6, 6.07) is 3.58. The third-order valence-corrected chi connectivity index (χ3v) is 2.76. The highest BCUT2D eigenvalue weighted by atomic mass is 16.2. The van der Waals surface area contributed by atoms with Gasteiger partial charge in [0.05, 0.1) is 11.8 Å². The number of carbonyl (C=O) groups is 1. The summed E-state index contributed by atoms with van der Waals surface area (Å²) in [4.78, 5) is 17.5. The Bertz CT molecular complexity index is 534. The maximum atomic E-state index is 11.7. The van der Waals surface area contributed by atoms with Gasteiger partial charge in [0.25, 0.3) is 5.91 Å². The lowest BCUT2D eigenvalue weighted by Gasteiger charge is -2.10. The molecule has 0 fully saturated rings. The van der Waals surface area contributed by atoms with Gasteiger partial charge in [0.1, 0.15) is 5.82 Å². The fourth-order valence-corrected chi connectivity index (χ4v) is 1.69. The molecule has 1 N–H and O–H groups in total. The van der Waals surface area contributed by atoms with Crippen molar-refractivity contribution < 1.29 is 4.79 Å². The average molecular weight is 274 g/mol. The van der Waals surface area contributed by atoms with E-state index in [0.717, 1.165) is 25.3 Å². The van der Waals surface area contributed by atoms with Crippen LogP contribution >= 0.6 is 0 Å². The molecule has 20 heavy (non-hydrogen) atoms. The lowest BCUT2D eigenvalue weighted by atomic mass is 10.2. The molecule has 0 unspecified atom stereocenters. The molecule has 1 amide bonds. The van der Waals surface area contributed by atoms with E-state index in [4.69, 9.17) is 0 Å². The van der Waals surface area contributed by atoms with E-state index in [-0.39, 0.29) is 5.91 Å². The summed E-state index contributed by atoms with van der Waals surface area (Å²) >= 11 is 0. The zero-order chi connectivity index (χ0) is 14.4. The molecule has 0 aliphatic heterocycles. The van der Waals surface area contributed by atoms with E-state index in [1.165, 1.54) is 4.90 Å². The van der Waals surface area contributed by atoms with E-state index < -0.39 is 0 Å². The number of nitrogens with zero attached hydrogens (tertiary/aromatic N) is 5. The SMILES string of the molecule is CN(C)C(=O)c1ccc(NCCCn2ccnn2)nc1. The fourth-order valence-electron chi connectivity index (χ4n) is 1.69.